The highest BCUT2D eigenvalue weighted by atomic mass is 35.5. The fourth-order valence-electron chi connectivity index (χ4n) is 3.63. The molecule has 4 aromatic rings. The van der Waals surface area contributed by atoms with Crippen molar-refractivity contribution in [3.05, 3.63) is 70.8 Å². The third-order valence-corrected chi connectivity index (χ3v) is 5.52. The van der Waals surface area contributed by atoms with E-state index in [1.54, 1.807) is 0 Å². The van der Waals surface area contributed by atoms with Crippen LogP contribution in [0.3, 0.4) is 0 Å². The number of nitrogens with zero attached hydrogens (tertiary/aromatic N) is 4. The molecule has 2 aromatic heterocycles. The summed E-state index contributed by atoms with van der Waals surface area (Å²) in [5.41, 5.74) is 4.81. The van der Waals surface area contributed by atoms with E-state index in [1.165, 1.54) is 7.11 Å². The number of unbranched alkanes of at least 4 members (excludes halogenated alkanes) is 1. The predicted octanol–water partition coefficient (Wildman–Crippen LogP) is 5.11. The van der Waals surface area contributed by atoms with Gasteiger partial charge in [-0.3, -0.25) is 0 Å². The quantitative estimate of drug-likeness (QED) is 0.256. The molecule has 2 heterocycles. The van der Waals surface area contributed by atoms with Crippen LogP contribution in [0.2, 0.25) is 5.15 Å². The molecule has 2 aromatic carbocycles. The second-order valence-corrected chi connectivity index (χ2v) is 7.78. The molecule has 166 valence electrons. The van der Waals surface area contributed by atoms with Gasteiger partial charge >= 0.3 is 0 Å². The van der Waals surface area contributed by atoms with Gasteiger partial charge in [-0.25, -0.2) is 14.8 Å². The first-order valence-electron chi connectivity index (χ1n) is 10.6. The summed E-state index contributed by atoms with van der Waals surface area (Å²) in [5, 5.41) is 14.8. The molecule has 4 rings (SSSR count). The van der Waals surface area contributed by atoms with Gasteiger partial charge in [0, 0.05) is 18.4 Å². The van der Waals surface area contributed by atoms with Gasteiger partial charge in [-0.15, -0.1) is 10.2 Å². The second kappa shape index (κ2) is 10.5. The van der Waals surface area contributed by atoms with Gasteiger partial charge < -0.3 is 4.98 Å². The van der Waals surface area contributed by atoms with Crippen molar-refractivity contribution < 1.29 is 9.78 Å². The number of rotatable bonds is 10. The van der Waals surface area contributed by atoms with Gasteiger partial charge in [-0.1, -0.05) is 73.5 Å². The van der Waals surface area contributed by atoms with Crippen LogP contribution in [0.1, 0.15) is 43.0 Å². The minimum Gasteiger partial charge on any atom is -0.342 e. The van der Waals surface area contributed by atoms with Crippen molar-refractivity contribution in [1.82, 2.24) is 30.6 Å². The summed E-state index contributed by atoms with van der Waals surface area (Å²) < 4.78 is 0. The first kappa shape index (κ1) is 22.1. The summed E-state index contributed by atoms with van der Waals surface area (Å²) in [7, 11) is 1.49. The summed E-state index contributed by atoms with van der Waals surface area (Å²) in [6, 6.07) is 16.2. The normalized spacial score (nSPS) is 12.2. The molecule has 8 nitrogen and oxygen atoms in total. The Bertz CT molecular complexity index is 1130. The smallest absolute Gasteiger partial charge is 0.205 e. The molecule has 0 bridgehead atoms. The van der Waals surface area contributed by atoms with Crippen molar-refractivity contribution in [2.75, 3.05) is 7.11 Å². The van der Waals surface area contributed by atoms with E-state index in [1.807, 2.05) is 24.3 Å². The van der Waals surface area contributed by atoms with Crippen LogP contribution in [0.25, 0.3) is 22.5 Å². The summed E-state index contributed by atoms with van der Waals surface area (Å²) in [6.45, 7) is 2.15. The van der Waals surface area contributed by atoms with Crippen LogP contribution in [-0.4, -0.2) is 37.7 Å². The van der Waals surface area contributed by atoms with Crippen LogP contribution < -0.4 is 0 Å². The lowest BCUT2D eigenvalue weighted by Crippen LogP contribution is -2.09. The van der Waals surface area contributed by atoms with Crippen LogP contribution in [0.5, 0.6) is 0 Å². The lowest BCUT2D eigenvalue weighted by Gasteiger charge is -2.15. The van der Waals surface area contributed by atoms with E-state index < -0.39 is 6.10 Å². The lowest BCUT2D eigenvalue weighted by atomic mass is 9.97. The van der Waals surface area contributed by atoms with Gasteiger partial charge in [0.2, 0.25) is 5.82 Å². The van der Waals surface area contributed by atoms with Crippen LogP contribution in [0.4, 0.5) is 0 Å². The fourth-order valence-corrected chi connectivity index (χ4v) is 3.90. The largest absolute Gasteiger partial charge is 0.342 e. The summed E-state index contributed by atoms with van der Waals surface area (Å²) in [5.74, 6) is 1.43. The van der Waals surface area contributed by atoms with Crippen molar-refractivity contribution in [1.29, 1.82) is 0 Å². The maximum absolute atomic E-state index is 6.39. The summed E-state index contributed by atoms with van der Waals surface area (Å²) >= 11 is 6.39. The molecule has 0 fully saturated rings. The van der Waals surface area contributed by atoms with Gasteiger partial charge in [0.1, 0.15) is 11.9 Å². The molecule has 9 heteroatoms. The number of aryl methyl sites for hydroxylation is 1. The number of halogens is 1. The Morgan fingerprint density at radius 3 is 2.53 bits per heavy atom. The van der Waals surface area contributed by atoms with E-state index in [4.69, 9.17) is 21.4 Å². The zero-order chi connectivity index (χ0) is 22.3. The van der Waals surface area contributed by atoms with E-state index in [9.17, 15) is 0 Å². The first-order chi connectivity index (χ1) is 15.7. The average molecular weight is 453 g/mol. The van der Waals surface area contributed by atoms with Crippen LogP contribution in [-0.2, 0) is 22.6 Å². The van der Waals surface area contributed by atoms with Crippen molar-refractivity contribution in [2.45, 2.75) is 38.7 Å². The highest BCUT2D eigenvalue weighted by Crippen LogP contribution is 2.31. The second-order valence-electron chi connectivity index (χ2n) is 7.43. The number of nitrogens with one attached hydrogen (secondary N) is 2. The van der Waals surface area contributed by atoms with E-state index in [0.717, 1.165) is 53.0 Å². The molecule has 1 unspecified atom stereocenters. The van der Waals surface area contributed by atoms with E-state index >= 15 is 0 Å². The van der Waals surface area contributed by atoms with Crippen LogP contribution in [0.15, 0.2) is 48.5 Å². The molecule has 32 heavy (non-hydrogen) atoms. The maximum Gasteiger partial charge on any atom is 0.205 e. The van der Waals surface area contributed by atoms with Crippen LogP contribution >= 0.6 is 11.6 Å². The van der Waals surface area contributed by atoms with Crippen molar-refractivity contribution >= 4 is 11.6 Å². The number of hydrogen-bond donors (Lipinski definition) is 2. The van der Waals surface area contributed by atoms with E-state index in [2.05, 4.69) is 61.8 Å². The minimum atomic E-state index is -0.396. The van der Waals surface area contributed by atoms with Crippen molar-refractivity contribution in [2.24, 2.45) is 0 Å². The Morgan fingerprint density at radius 1 is 1.06 bits per heavy atom. The Hall–Kier alpha value is -3.07. The van der Waals surface area contributed by atoms with Crippen molar-refractivity contribution in [3.63, 3.8) is 0 Å². The number of imidazole rings is 1. The number of aromatic amines is 2. The van der Waals surface area contributed by atoms with E-state index in [0.29, 0.717) is 17.4 Å². The lowest BCUT2D eigenvalue weighted by molar-refractivity contribution is -0.308. The minimum absolute atomic E-state index is 0.396. The van der Waals surface area contributed by atoms with Crippen LogP contribution in [0, 0.1) is 0 Å². The zero-order valence-electron chi connectivity index (χ0n) is 18.0. The Labute approximate surface area is 191 Å². The van der Waals surface area contributed by atoms with E-state index in [-0.39, 0.29) is 0 Å². The fraction of sp³-hybridized carbons (Fsp3) is 0.304. The maximum atomic E-state index is 6.39. The van der Waals surface area contributed by atoms with Crippen molar-refractivity contribution in [3.8, 4) is 22.5 Å². The molecule has 0 saturated carbocycles. The zero-order valence-corrected chi connectivity index (χ0v) is 18.8. The molecule has 0 amide bonds. The molecule has 1 atom stereocenters. The highest BCUT2D eigenvalue weighted by Gasteiger charge is 2.21. The molecule has 0 aliphatic heterocycles. The Kier molecular flexibility index (Phi) is 7.26. The average Bonchev–Trinajstić information content (AvgIpc) is 3.48. The Balaban J connectivity index is 1.55. The molecule has 0 radical (unpaired) electrons. The monoisotopic (exact) mass is 452 g/mol. The highest BCUT2D eigenvalue weighted by molar-refractivity contribution is 6.30. The predicted molar refractivity (Wildman–Crippen MR) is 122 cm³/mol. The van der Waals surface area contributed by atoms with Gasteiger partial charge in [0.25, 0.3) is 0 Å². The molecule has 0 spiro atoms. The number of aromatic nitrogens is 6. The topological polar surface area (TPSA) is 102 Å². The molecular weight excluding hydrogens is 428 g/mol. The third-order valence-electron chi connectivity index (χ3n) is 5.24. The molecule has 0 aliphatic rings. The third kappa shape index (κ3) is 5.04. The molecular formula is C23H25ClN6O2. The number of hydrogen-bond acceptors (Lipinski definition) is 6. The standard InChI is InChI=1S/C23H25ClN6O2/c1-3-4-9-20-25-21(22(24)26-20)19(32-31-2)14-15-10-12-16(13-11-15)17-7-5-6-8-18(17)23-27-29-30-28-23/h5-8,10-13,19H,3-4,9,14H2,1-2H3,(H,25,26)(H,27,28,29,30). The summed E-state index contributed by atoms with van der Waals surface area (Å²) in [4.78, 5) is 18.3. The van der Waals surface area contributed by atoms with Gasteiger partial charge in [-0.05, 0) is 28.3 Å². The molecule has 0 saturated heterocycles. The number of tetrazole rings is 1. The Morgan fingerprint density at radius 2 is 1.84 bits per heavy atom. The SMILES string of the molecule is CCCCc1nc(Cl)c(C(Cc2ccc(-c3ccccc3-c3nn[nH]n3)cc2)OOC)[nH]1. The molecule has 2 N–H and O–H groups in total. The number of benzene rings is 2. The number of H-pyrrole nitrogens is 2. The van der Waals surface area contributed by atoms with Gasteiger partial charge in [-0.2, -0.15) is 5.21 Å². The van der Waals surface area contributed by atoms with Gasteiger partial charge in [0.15, 0.2) is 5.15 Å². The summed E-state index contributed by atoms with van der Waals surface area (Å²) in [6.07, 6.45) is 3.17. The molecule has 0 aliphatic carbocycles. The van der Waals surface area contributed by atoms with Gasteiger partial charge in [0.05, 0.1) is 12.8 Å². The first-order valence-corrected chi connectivity index (χ1v) is 10.9.